The molecule has 1 amide bonds. The summed E-state index contributed by atoms with van der Waals surface area (Å²) in [5.41, 5.74) is -0.131. The van der Waals surface area contributed by atoms with Crippen molar-refractivity contribution in [1.29, 1.82) is 0 Å². The van der Waals surface area contributed by atoms with Crippen LogP contribution in [0.25, 0.3) is 0 Å². The number of hydrogen-bond donors (Lipinski definition) is 1. The van der Waals surface area contributed by atoms with Crippen LogP contribution in [0.15, 0.2) is 6.20 Å². The summed E-state index contributed by atoms with van der Waals surface area (Å²) in [7, 11) is 0. The molecule has 3 rings (SSSR count). The number of amides is 1. The highest BCUT2D eigenvalue weighted by molar-refractivity contribution is 5.84. The number of rotatable bonds is 7. The number of hydrogen-bond acceptors (Lipinski definition) is 4. The largest absolute Gasteiger partial charge is 0.476 e. The third kappa shape index (κ3) is 3.34. The summed E-state index contributed by atoms with van der Waals surface area (Å²) >= 11 is 0. The van der Waals surface area contributed by atoms with Crippen LogP contribution in [0.4, 0.5) is 0 Å². The Kier molecular flexibility index (Phi) is 3.42. The first-order valence-electron chi connectivity index (χ1n) is 7.03. The number of nitrogens with zero attached hydrogens (tertiary/aromatic N) is 4. The van der Waals surface area contributed by atoms with Crippen molar-refractivity contribution in [3.63, 3.8) is 0 Å². The molecule has 0 unspecified atom stereocenters. The molecule has 2 aliphatic rings. The summed E-state index contributed by atoms with van der Waals surface area (Å²) in [5, 5.41) is 16.0. The maximum Gasteiger partial charge on any atom is 0.358 e. The average molecular weight is 278 g/mol. The van der Waals surface area contributed by atoms with E-state index >= 15 is 0 Å². The van der Waals surface area contributed by atoms with E-state index in [2.05, 4.69) is 10.3 Å². The van der Waals surface area contributed by atoms with E-state index in [9.17, 15) is 9.59 Å². The lowest BCUT2D eigenvalue weighted by Gasteiger charge is -2.22. The van der Waals surface area contributed by atoms with Crippen LogP contribution in [0.5, 0.6) is 0 Å². The van der Waals surface area contributed by atoms with Crippen LogP contribution < -0.4 is 0 Å². The first-order valence-corrected chi connectivity index (χ1v) is 7.03. The number of carboxylic acids is 1. The van der Waals surface area contributed by atoms with Gasteiger partial charge in [-0.3, -0.25) is 4.79 Å². The van der Waals surface area contributed by atoms with Crippen LogP contribution >= 0.6 is 0 Å². The van der Waals surface area contributed by atoms with Gasteiger partial charge in [0.25, 0.3) is 0 Å². The lowest BCUT2D eigenvalue weighted by Crippen LogP contribution is -2.37. The van der Waals surface area contributed by atoms with Crippen LogP contribution in [-0.4, -0.2) is 50.0 Å². The summed E-state index contributed by atoms with van der Waals surface area (Å²) in [6.45, 7) is 1.73. The van der Waals surface area contributed by atoms with Crippen molar-refractivity contribution in [3.05, 3.63) is 11.9 Å². The number of aromatic nitrogens is 3. The van der Waals surface area contributed by atoms with Crippen LogP contribution in [-0.2, 0) is 11.3 Å². The van der Waals surface area contributed by atoms with Crippen molar-refractivity contribution in [2.75, 3.05) is 13.1 Å². The van der Waals surface area contributed by atoms with Gasteiger partial charge in [-0.2, -0.15) is 0 Å². The fourth-order valence-electron chi connectivity index (χ4n) is 2.21. The first kappa shape index (κ1) is 13.1. The third-order valence-corrected chi connectivity index (χ3v) is 3.76. The van der Waals surface area contributed by atoms with Crippen molar-refractivity contribution < 1.29 is 14.7 Å². The zero-order chi connectivity index (χ0) is 14.1. The minimum absolute atomic E-state index is 0.00522. The minimum Gasteiger partial charge on any atom is -0.476 e. The van der Waals surface area contributed by atoms with Crippen molar-refractivity contribution in [2.45, 2.75) is 32.2 Å². The second kappa shape index (κ2) is 5.22. The second-order valence-corrected chi connectivity index (χ2v) is 5.79. The Morgan fingerprint density at radius 1 is 1.25 bits per heavy atom. The van der Waals surface area contributed by atoms with Crippen LogP contribution in [0, 0.1) is 11.8 Å². The first-order chi connectivity index (χ1) is 9.61. The van der Waals surface area contributed by atoms with Gasteiger partial charge in [0.1, 0.15) is 6.54 Å². The van der Waals surface area contributed by atoms with Gasteiger partial charge < -0.3 is 10.0 Å². The summed E-state index contributed by atoms with van der Waals surface area (Å²) in [4.78, 5) is 25.0. The van der Waals surface area contributed by atoms with Crippen LogP contribution in [0.1, 0.15) is 36.2 Å². The number of carbonyl (C=O) groups is 2. The van der Waals surface area contributed by atoms with E-state index in [4.69, 9.17) is 5.11 Å². The Labute approximate surface area is 116 Å². The summed E-state index contributed by atoms with van der Waals surface area (Å²) in [6.07, 6.45) is 6.14. The monoisotopic (exact) mass is 278 g/mol. The van der Waals surface area contributed by atoms with Crippen molar-refractivity contribution in [1.82, 2.24) is 19.9 Å². The van der Waals surface area contributed by atoms with E-state index in [1.54, 1.807) is 0 Å². The number of carboxylic acid groups (broad SMARTS) is 1. The predicted molar refractivity (Wildman–Crippen MR) is 69.0 cm³/mol. The van der Waals surface area contributed by atoms with E-state index < -0.39 is 5.97 Å². The van der Waals surface area contributed by atoms with E-state index in [1.807, 2.05) is 4.90 Å². The van der Waals surface area contributed by atoms with E-state index in [1.165, 1.54) is 36.6 Å². The van der Waals surface area contributed by atoms with Gasteiger partial charge in [-0.05, 0) is 37.5 Å². The molecule has 108 valence electrons. The topological polar surface area (TPSA) is 88.3 Å². The summed E-state index contributed by atoms with van der Waals surface area (Å²) < 4.78 is 1.30. The zero-order valence-electron chi connectivity index (χ0n) is 11.2. The van der Waals surface area contributed by atoms with E-state index in [0.29, 0.717) is 11.8 Å². The van der Waals surface area contributed by atoms with Gasteiger partial charge in [0.2, 0.25) is 5.91 Å². The number of carbonyl (C=O) groups excluding carboxylic acids is 1. The quantitative estimate of drug-likeness (QED) is 0.790. The second-order valence-electron chi connectivity index (χ2n) is 5.79. The fraction of sp³-hybridized carbons (Fsp3) is 0.692. The minimum atomic E-state index is -1.13. The predicted octanol–water partition coefficient (Wildman–Crippen LogP) is 0.625. The lowest BCUT2D eigenvalue weighted by atomic mass is 10.3. The van der Waals surface area contributed by atoms with Crippen LogP contribution in [0.3, 0.4) is 0 Å². The maximum absolute atomic E-state index is 12.3. The van der Waals surface area contributed by atoms with Crippen molar-refractivity contribution in [3.8, 4) is 0 Å². The molecule has 1 N–H and O–H groups in total. The third-order valence-electron chi connectivity index (χ3n) is 3.76. The Hall–Kier alpha value is -1.92. The molecule has 2 saturated carbocycles. The van der Waals surface area contributed by atoms with Gasteiger partial charge in [0, 0.05) is 13.1 Å². The standard InChI is InChI=1S/C13H18N4O3/c18-12(8-17-7-11(13(19)20)14-15-17)16(5-9-1-2-9)6-10-3-4-10/h7,9-10H,1-6,8H2,(H,19,20). The summed E-state index contributed by atoms with van der Waals surface area (Å²) in [5.74, 6) is 0.188. The highest BCUT2D eigenvalue weighted by Gasteiger charge is 2.31. The molecule has 2 aliphatic carbocycles. The lowest BCUT2D eigenvalue weighted by molar-refractivity contribution is -0.132. The van der Waals surface area contributed by atoms with Gasteiger partial charge in [-0.25, -0.2) is 9.48 Å². The molecule has 1 aromatic rings. The Bertz CT molecular complexity index is 505. The Morgan fingerprint density at radius 2 is 1.85 bits per heavy atom. The molecule has 0 saturated heterocycles. The van der Waals surface area contributed by atoms with Gasteiger partial charge in [-0.15, -0.1) is 5.10 Å². The normalized spacial score (nSPS) is 18.0. The zero-order valence-corrected chi connectivity index (χ0v) is 11.2. The highest BCUT2D eigenvalue weighted by atomic mass is 16.4. The molecule has 0 spiro atoms. The van der Waals surface area contributed by atoms with Gasteiger partial charge in [-0.1, -0.05) is 5.21 Å². The van der Waals surface area contributed by atoms with Crippen molar-refractivity contribution in [2.24, 2.45) is 11.8 Å². The Balaban J connectivity index is 1.60. The molecule has 0 radical (unpaired) electrons. The van der Waals surface area contributed by atoms with E-state index in [-0.39, 0.29) is 18.1 Å². The molecule has 1 heterocycles. The molecular weight excluding hydrogens is 260 g/mol. The molecule has 0 atom stereocenters. The molecule has 7 heteroatoms. The molecule has 7 nitrogen and oxygen atoms in total. The fourth-order valence-corrected chi connectivity index (χ4v) is 2.21. The summed E-state index contributed by atoms with van der Waals surface area (Å²) in [6, 6.07) is 0. The number of aromatic carboxylic acids is 1. The molecule has 1 aromatic heterocycles. The molecule has 2 fully saturated rings. The smallest absolute Gasteiger partial charge is 0.358 e. The van der Waals surface area contributed by atoms with E-state index in [0.717, 1.165) is 13.1 Å². The Morgan fingerprint density at radius 3 is 2.30 bits per heavy atom. The van der Waals surface area contributed by atoms with Crippen molar-refractivity contribution >= 4 is 11.9 Å². The molecule has 0 bridgehead atoms. The van der Waals surface area contributed by atoms with Crippen LogP contribution in [0.2, 0.25) is 0 Å². The highest BCUT2D eigenvalue weighted by Crippen LogP contribution is 2.33. The molecular formula is C13H18N4O3. The van der Waals surface area contributed by atoms with Gasteiger partial charge in [0.05, 0.1) is 6.20 Å². The molecule has 0 aliphatic heterocycles. The molecule has 20 heavy (non-hydrogen) atoms. The van der Waals surface area contributed by atoms with Gasteiger partial charge >= 0.3 is 5.97 Å². The average Bonchev–Trinajstić information content (AvgIpc) is 3.31. The van der Waals surface area contributed by atoms with Gasteiger partial charge in [0.15, 0.2) is 5.69 Å². The maximum atomic E-state index is 12.3. The SMILES string of the molecule is O=C(O)c1cn(CC(=O)N(CC2CC2)CC2CC2)nn1. The molecule has 0 aromatic carbocycles.